The summed E-state index contributed by atoms with van der Waals surface area (Å²) < 4.78 is 0. The van der Waals surface area contributed by atoms with Crippen LogP contribution < -0.4 is 0 Å². The number of hydrogen-bond donors (Lipinski definition) is 0. The second-order valence-corrected chi connectivity index (χ2v) is 53.3. The maximum atomic E-state index is 8.08. The Bertz CT molecular complexity index is 5260. The minimum Gasteiger partial charge on any atom is -0.241 e. The standard InChI is InChI=1S/C136H190Cl2N2S7/c1-13-25-37-49-51-63-67-99(65-53-39-27-15-3)93-119-117(137)97-121(143-119)125-126(122-98-118(138)120(144-122)94-100(66-54-40-28-16-4)68-64-52-50-38-26-14-2)140-128-127(139-125)133(123-95-115-131(145-123)129-113(77-79-141-129)135(115,109-85-101(69-55-41-29-17-5)81-102(86-109)70-56-42-30-18-6)110-87-103(71-57-43-31-19-7)82-104(88-110)72-58-44-32-20-8)147-134(128)124-96-116-132(146-124)130-114(78-80-142-130)136(116,111-89-105(73-59-45-33-21-9)83-106(90-111)74-60-46-34-22-10)112-91-107(75-61-47-35-23-11)84-108(92-112)76-62-48-36-24-12/h77-92,95-100H,13-76,93-94H2,1-12H3. The molecule has 147 heavy (non-hydrogen) atoms. The molecule has 8 heterocycles. The summed E-state index contributed by atoms with van der Waals surface area (Å²) in [7, 11) is 0. The summed E-state index contributed by atoms with van der Waals surface area (Å²) >= 11 is 30.2. The fourth-order valence-corrected chi connectivity index (χ4v) is 33.9. The Kier molecular flexibility index (Phi) is 49.8. The number of aromatic nitrogens is 2. The maximum Gasteiger partial charge on any atom is 0.110 e. The van der Waals surface area contributed by atoms with Crippen LogP contribution in [0.5, 0.6) is 0 Å². The van der Waals surface area contributed by atoms with Gasteiger partial charge in [0.1, 0.15) is 22.4 Å². The fourth-order valence-electron chi connectivity index (χ4n) is 24.8. The van der Waals surface area contributed by atoms with Crippen molar-refractivity contribution in [2.24, 2.45) is 11.8 Å². The number of thiophene rings is 7. The van der Waals surface area contributed by atoms with Crippen molar-refractivity contribution in [3.05, 3.63) is 229 Å². The third-order valence-corrected chi connectivity index (χ3v) is 42.3. The van der Waals surface area contributed by atoms with Crippen molar-refractivity contribution in [3.63, 3.8) is 0 Å². The molecule has 14 rings (SSSR count). The lowest BCUT2D eigenvalue weighted by molar-refractivity contribution is 0.404. The molecular formula is C136H190Cl2N2S7. The Labute approximate surface area is 933 Å². The first-order valence-electron chi connectivity index (χ1n) is 61.1. The van der Waals surface area contributed by atoms with E-state index in [1.807, 2.05) is 56.7 Å². The van der Waals surface area contributed by atoms with Crippen LogP contribution >= 0.6 is 103 Å². The number of nitrogens with zero attached hydrogens (tertiary/aromatic N) is 2. The van der Waals surface area contributed by atoms with Crippen molar-refractivity contribution in [3.8, 4) is 60.2 Å². The van der Waals surface area contributed by atoms with Crippen molar-refractivity contribution in [1.82, 2.24) is 9.97 Å². The second-order valence-electron chi connectivity index (χ2n) is 45.3. The molecular weight excluding hydrogens is 1960 g/mol. The molecule has 2 atom stereocenters. The third kappa shape index (κ3) is 31.2. The highest BCUT2D eigenvalue weighted by atomic mass is 35.5. The Morgan fingerprint density at radius 3 is 0.707 bits per heavy atom. The molecule has 11 heteroatoms. The van der Waals surface area contributed by atoms with E-state index in [9.17, 15) is 0 Å². The quantitative estimate of drug-likeness (QED) is 0.0355. The number of rotatable bonds is 76. The van der Waals surface area contributed by atoms with E-state index in [2.05, 4.69) is 226 Å². The van der Waals surface area contributed by atoms with Crippen LogP contribution in [-0.4, -0.2) is 9.97 Å². The highest BCUT2D eigenvalue weighted by Gasteiger charge is 2.52. The summed E-state index contributed by atoms with van der Waals surface area (Å²) in [6.45, 7) is 28.4. The Morgan fingerprint density at radius 2 is 0.456 bits per heavy atom. The van der Waals surface area contributed by atoms with Gasteiger partial charge in [-0.05, 0) is 264 Å². The van der Waals surface area contributed by atoms with Gasteiger partial charge in [-0.1, -0.05) is 487 Å². The first-order chi connectivity index (χ1) is 72.2. The normalized spacial score (nSPS) is 13.5. The van der Waals surface area contributed by atoms with Gasteiger partial charge in [-0.2, -0.15) is 0 Å². The maximum absolute atomic E-state index is 8.08. The van der Waals surface area contributed by atoms with Gasteiger partial charge in [-0.25, -0.2) is 9.97 Å². The molecule has 4 aromatic carbocycles. The van der Waals surface area contributed by atoms with Crippen molar-refractivity contribution < 1.29 is 0 Å². The molecule has 0 radical (unpaired) electrons. The predicted octanol–water partition coefficient (Wildman–Crippen LogP) is 47.5. The number of unbranched alkanes of at least 4 members (excludes halogenated alkanes) is 40. The summed E-state index contributed by atoms with van der Waals surface area (Å²) in [6, 6.07) is 48.1. The second kappa shape index (κ2) is 62.4. The smallest absolute Gasteiger partial charge is 0.110 e. The number of aryl methyl sites for hydroxylation is 8. The molecule has 800 valence electrons. The van der Waals surface area contributed by atoms with Crippen LogP contribution in [0.3, 0.4) is 0 Å². The summed E-state index contributed by atoms with van der Waals surface area (Å²) in [5, 5.41) is 6.73. The molecule has 0 amide bonds. The zero-order valence-electron chi connectivity index (χ0n) is 93.9. The number of halogens is 2. The monoisotopic (exact) mass is 2150 g/mol. The van der Waals surface area contributed by atoms with Gasteiger partial charge in [-0.15, -0.1) is 79.4 Å². The highest BCUT2D eigenvalue weighted by molar-refractivity contribution is 7.31. The largest absolute Gasteiger partial charge is 0.241 e. The summed E-state index contributed by atoms with van der Waals surface area (Å²) in [5.74, 6) is 1.14. The van der Waals surface area contributed by atoms with Gasteiger partial charge in [0.15, 0.2) is 0 Å². The zero-order valence-corrected chi connectivity index (χ0v) is 101. The summed E-state index contributed by atoms with van der Waals surface area (Å²) in [4.78, 5) is 28.9. The van der Waals surface area contributed by atoms with E-state index < -0.39 is 10.8 Å². The first-order valence-corrected chi connectivity index (χ1v) is 67.7. The summed E-state index contributed by atoms with van der Waals surface area (Å²) in [5.41, 5.74) is 26.6. The molecule has 2 unspecified atom stereocenters. The van der Waals surface area contributed by atoms with E-state index in [0.29, 0.717) is 11.8 Å². The summed E-state index contributed by atoms with van der Waals surface area (Å²) in [6.07, 6.45) is 81.8. The molecule has 0 bridgehead atoms. The van der Waals surface area contributed by atoms with Crippen LogP contribution in [0.2, 0.25) is 10.0 Å². The van der Waals surface area contributed by atoms with Crippen molar-refractivity contribution in [2.45, 2.75) is 518 Å². The molecule has 0 spiro atoms. The highest BCUT2D eigenvalue weighted by Crippen LogP contribution is 2.66. The molecule has 2 aliphatic carbocycles. The Hall–Kier alpha value is -5.30. The lowest BCUT2D eigenvalue weighted by Crippen LogP contribution is -2.29. The SMILES string of the molecule is CCCCCCCCC(CCCCCC)Cc1sc(-c2nc3c(-c4cc5c(s4)-c4sccc4C5(c4cc(CCCCCC)cc(CCCCCC)c4)c4cc(CCCCCC)cc(CCCCCC)c4)sc(-c4cc5c(s4)-c4sccc4C5(c4cc(CCCCCC)cc(CCCCCC)c4)c4cc(CCCCCC)cc(CCCCCC)c4)c3nc2-c2cc(Cl)c(CC(CCCCCC)CCCCCCCC)s2)cc1Cl. The lowest BCUT2D eigenvalue weighted by Gasteiger charge is -2.34. The third-order valence-electron chi connectivity index (χ3n) is 33.1. The van der Waals surface area contributed by atoms with Crippen LogP contribution in [0, 0.1) is 11.8 Å². The van der Waals surface area contributed by atoms with Crippen molar-refractivity contribution in [2.75, 3.05) is 0 Å². The van der Waals surface area contributed by atoms with Gasteiger partial charge < -0.3 is 0 Å². The van der Waals surface area contributed by atoms with Gasteiger partial charge in [0.05, 0.1) is 50.1 Å². The lowest BCUT2D eigenvalue weighted by atomic mass is 9.67. The molecule has 0 saturated carbocycles. The molecule has 0 aliphatic heterocycles. The zero-order chi connectivity index (χ0) is 103. The van der Waals surface area contributed by atoms with Gasteiger partial charge in [0.2, 0.25) is 0 Å². The molecule has 8 aromatic heterocycles. The van der Waals surface area contributed by atoms with Crippen molar-refractivity contribution >= 4 is 114 Å². The Morgan fingerprint density at radius 1 is 0.224 bits per heavy atom. The van der Waals surface area contributed by atoms with Crippen LogP contribution in [0.25, 0.3) is 71.2 Å². The van der Waals surface area contributed by atoms with Crippen LogP contribution in [0.15, 0.2) is 120 Å². The minimum atomic E-state index is -0.582. The van der Waals surface area contributed by atoms with E-state index in [1.165, 1.54) is 497 Å². The average Bonchev–Trinajstić information content (AvgIpc) is 1.52. The van der Waals surface area contributed by atoms with Gasteiger partial charge >= 0.3 is 0 Å². The average molecular weight is 2150 g/mol. The molecule has 12 aromatic rings. The van der Waals surface area contributed by atoms with Crippen molar-refractivity contribution in [1.29, 1.82) is 0 Å². The molecule has 2 nitrogen and oxygen atoms in total. The van der Waals surface area contributed by atoms with E-state index in [-0.39, 0.29) is 0 Å². The van der Waals surface area contributed by atoms with Crippen LogP contribution in [0.1, 0.15) is 541 Å². The Balaban J connectivity index is 1.08. The van der Waals surface area contributed by atoms with Crippen LogP contribution in [0.4, 0.5) is 0 Å². The first kappa shape index (κ1) is 117. The molecule has 0 fully saturated rings. The van der Waals surface area contributed by atoms with Gasteiger partial charge in [-0.3, -0.25) is 0 Å². The topological polar surface area (TPSA) is 25.8 Å². The van der Waals surface area contributed by atoms with E-state index in [1.54, 1.807) is 0 Å². The van der Waals surface area contributed by atoms with E-state index in [0.717, 1.165) is 106 Å². The van der Waals surface area contributed by atoms with Crippen LogP contribution in [-0.2, 0) is 75.0 Å². The molecule has 0 saturated heterocycles. The molecule has 2 aliphatic rings. The van der Waals surface area contributed by atoms with E-state index in [4.69, 9.17) is 33.2 Å². The van der Waals surface area contributed by atoms with Gasteiger partial charge in [0.25, 0.3) is 0 Å². The number of fused-ring (bicyclic) bond motifs is 7. The van der Waals surface area contributed by atoms with E-state index >= 15 is 0 Å². The minimum absolute atomic E-state index is 0.569. The molecule has 0 N–H and O–H groups in total. The predicted molar refractivity (Wildman–Crippen MR) is 662 cm³/mol. The number of benzene rings is 4. The van der Waals surface area contributed by atoms with Gasteiger partial charge in [0, 0.05) is 29.3 Å². The number of hydrogen-bond acceptors (Lipinski definition) is 9. The fraction of sp³-hybridized carbons (Fsp3) is 0.603.